The molecule has 8 nitrogen and oxygen atoms in total. The molecule has 0 radical (unpaired) electrons. The Hall–Kier alpha value is 0.220. The van der Waals surface area contributed by atoms with Crippen molar-refractivity contribution >= 4 is 15.6 Å². The molecule has 0 bridgehead atoms. The van der Waals surface area contributed by atoms with Crippen LogP contribution in [0.3, 0.4) is 0 Å². The van der Waals surface area contributed by atoms with Gasteiger partial charge in [0.1, 0.15) is 0 Å². The van der Waals surface area contributed by atoms with E-state index in [0.717, 1.165) is 19.3 Å². The van der Waals surface area contributed by atoms with Crippen molar-refractivity contribution in [3.63, 3.8) is 0 Å². The standard InChI is InChI=1S/C7H17O4P.C6H15O4P/c1-4-6-7-11-12(8,9-3)10-5-2;1-4-6-10-11(7,8-3)9-5-2/h4-7H2,1-3H3;4-6H2,1-3H3. The van der Waals surface area contributed by atoms with Gasteiger partial charge in [0.2, 0.25) is 0 Å². The minimum atomic E-state index is -3.23. The number of unbranched alkanes of at least 4 members (excludes halogenated alkanes) is 1. The molecule has 0 amide bonds. The number of rotatable bonds is 13. The fourth-order valence-corrected chi connectivity index (χ4v) is 3.09. The average molecular weight is 378 g/mol. The Labute approximate surface area is 140 Å². The highest BCUT2D eigenvalue weighted by molar-refractivity contribution is 7.48. The van der Waals surface area contributed by atoms with Crippen LogP contribution < -0.4 is 0 Å². The quantitative estimate of drug-likeness (QED) is 0.333. The first-order valence-electron chi connectivity index (χ1n) is 7.76. The summed E-state index contributed by atoms with van der Waals surface area (Å²) in [7, 11) is -3.81. The predicted molar refractivity (Wildman–Crippen MR) is 89.6 cm³/mol. The van der Waals surface area contributed by atoms with Gasteiger partial charge >= 0.3 is 15.6 Å². The van der Waals surface area contributed by atoms with Gasteiger partial charge in [-0.05, 0) is 26.7 Å². The molecule has 142 valence electrons. The van der Waals surface area contributed by atoms with Crippen molar-refractivity contribution in [3.05, 3.63) is 0 Å². The van der Waals surface area contributed by atoms with E-state index in [1.165, 1.54) is 14.2 Å². The summed E-state index contributed by atoms with van der Waals surface area (Å²) in [6.07, 6.45) is 2.65. The molecule has 0 aromatic carbocycles. The third-order valence-electron chi connectivity index (χ3n) is 2.22. The van der Waals surface area contributed by atoms with Crippen LogP contribution in [-0.4, -0.2) is 40.6 Å². The van der Waals surface area contributed by atoms with Crippen LogP contribution in [-0.2, 0) is 36.3 Å². The Kier molecular flexibility index (Phi) is 17.4. The fraction of sp³-hybridized carbons (Fsp3) is 1.00. The van der Waals surface area contributed by atoms with Gasteiger partial charge in [0.15, 0.2) is 0 Å². The summed E-state index contributed by atoms with van der Waals surface area (Å²) < 4.78 is 51.4. The molecular weight excluding hydrogens is 346 g/mol. The number of phosphoric ester groups is 2. The summed E-state index contributed by atoms with van der Waals surface area (Å²) >= 11 is 0. The maximum absolute atomic E-state index is 11.4. The van der Waals surface area contributed by atoms with Crippen LogP contribution in [0.25, 0.3) is 0 Å². The Balaban J connectivity index is 0. The zero-order valence-electron chi connectivity index (χ0n) is 15.1. The summed E-state index contributed by atoms with van der Waals surface area (Å²) in [5.41, 5.74) is 0. The first-order valence-corrected chi connectivity index (χ1v) is 10.7. The lowest BCUT2D eigenvalue weighted by Gasteiger charge is -2.14. The second kappa shape index (κ2) is 15.7. The van der Waals surface area contributed by atoms with Crippen LogP contribution in [0.2, 0.25) is 0 Å². The molecule has 10 heteroatoms. The van der Waals surface area contributed by atoms with Gasteiger partial charge in [0, 0.05) is 14.2 Å². The van der Waals surface area contributed by atoms with Crippen LogP contribution in [0.15, 0.2) is 0 Å². The van der Waals surface area contributed by atoms with Gasteiger partial charge in [-0.1, -0.05) is 20.3 Å². The molecular formula is C13H32O8P2. The van der Waals surface area contributed by atoms with E-state index in [1.807, 2.05) is 13.8 Å². The van der Waals surface area contributed by atoms with Gasteiger partial charge in [-0.15, -0.1) is 0 Å². The molecule has 0 saturated heterocycles. The van der Waals surface area contributed by atoms with E-state index < -0.39 is 15.6 Å². The van der Waals surface area contributed by atoms with Crippen molar-refractivity contribution < 1.29 is 36.3 Å². The summed E-state index contributed by atoms with van der Waals surface area (Å²) in [6.45, 7) is 8.91. The zero-order valence-corrected chi connectivity index (χ0v) is 16.9. The highest BCUT2D eigenvalue weighted by Crippen LogP contribution is 2.48. The molecule has 0 aliphatic carbocycles. The molecule has 23 heavy (non-hydrogen) atoms. The molecule has 2 unspecified atom stereocenters. The predicted octanol–water partition coefficient (Wildman–Crippen LogP) is 4.80. The summed E-state index contributed by atoms with van der Waals surface area (Å²) in [6, 6.07) is 0. The third-order valence-corrected chi connectivity index (χ3v) is 5.26. The van der Waals surface area contributed by atoms with E-state index in [0.29, 0.717) is 26.4 Å². The SMILES string of the molecule is CCCCOP(=O)(OC)OCC.CCCOP(=O)(OC)OCC. The van der Waals surface area contributed by atoms with E-state index in [-0.39, 0.29) is 0 Å². The minimum absolute atomic E-state index is 0.328. The van der Waals surface area contributed by atoms with Gasteiger partial charge < -0.3 is 0 Å². The van der Waals surface area contributed by atoms with E-state index in [4.69, 9.17) is 18.1 Å². The molecule has 0 rings (SSSR count). The van der Waals surface area contributed by atoms with Gasteiger partial charge in [-0.2, -0.15) is 0 Å². The van der Waals surface area contributed by atoms with Crippen molar-refractivity contribution in [1.82, 2.24) is 0 Å². The highest BCUT2D eigenvalue weighted by Gasteiger charge is 2.23. The smallest absolute Gasteiger partial charge is 0.290 e. The van der Waals surface area contributed by atoms with E-state index in [1.54, 1.807) is 13.8 Å². The first kappa shape index (κ1) is 25.5. The van der Waals surface area contributed by atoms with Crippen LogP contribution in [0, 0.1) is 0 Å². The largest absolute Gasteiger partial charge is 0.474 e. The summed E-state index contributed by atoms with van der Waals surface area (Å²) in [4.78, 5) is 0. The zero-order chi connectivity index (χ0) is 18.2. The third kappa shape index (κ3) is 14.3. The maximum atomic E-state index is 11.4. The van der Waals surface area contributed by atoms with E-state index in [2.05, 4.69) is 9.05 Å². The molecule has 0 N–H and O–H groups in total. The summed E-state index contributed by atoms with van der Waals surface area (Å²) in [5, 5.41) is 0. The monoisotopic (exact) mass is 378 g/mol. The molecule has 0 aliphatic rings. The average Bonchev–Trinajstić information content (AvgIpc) is 2.54. The Morgan fingerprint density at radius 2 is 1.09 bits per heavy atom. The van der Waals surface area contributed by atoms with Gasteiger partial charge in [0.25, 0.3) is 0 Å². The fourth-order valence-electron chi connectivity index (χ4n) is 1.13. The van der Waals surface area contributed by atoms with E-state index in [9.17, 15) is 9.13 Å². The molecule has 0 aliphatic heterocycles. The molecule has 0 heterocycles. The van der Waals surface area contributed by atoms with Crippen LogP contribution in [0.4, 0.5) is 0 Å². The summed E-state index contributed by atoms with van der Waals surface area (Å²) in [5.74, 6) is 0. The Bertz CT molecular complexity index is 351. The normalized spacial score (nSPS) is 16.1. The number of hydrogen-bond donors (Lipinski definition) is 0. The minimum Gasteiger partial charge on any atom is -0.290 e. The molecule has 0 fully saturated rings. The van der Waals surface area contributed by atoms with Crippen LogP contribution >= 0.6 is 15.6 Å². The molecule has 2 atom stereocenters. The van der Waals surface area contributed by atoms with Crippen molar-refractivity contribution in [2.75, 3.05) is 40.6 Å². The van der Waals surface area contributed by atoms with Gasteiger partial charge in [-0.25, -0.2) is 9.13 Å². The topological polar surface area (TPSA) is 89.5 Å². The Morgan fingerprint density at radius 1 is 0.652 bits per heavy atom. The van der Waals surface area contributed by atoms with E-state index >= 15 is 0 Å². The van der Waals surface area contributed by atoms with Crippen molar-refractivity contribution in [3.8, 4) is 0 Å². The van der Waals surface area contributed by atoms with Gasteiger partial charge in [0.05, 0.1) is 26.4 Å². The molecule has 0 spiro atoms. The number of hydrogen-bond acceptors (Lipinski definition) is 8. The maximum Gasteiger partial charge on any atom is 0.474 e. The molecule has 0 aromatic heterocycles. The second-order valence-corrected chi connectivity index (χ2v) is 7.67. The number of phosphoric acid groups is 2. The lowest BCUT2D eigenvalue weighted by Crippen LogP contribution is -1.98. The van der Waals surface area contributed by atoms with Crippen LogP contribution in [0.5, 0.6) is 0 Å². The lowest BCUT2D eigenvalue weighted by atomic mass is 10.4. The first-order chi connectivity index (χ1) is 10.9. The lowest BCUT2D eigenvalue weighted by molar-refractivity contribution is 0.134. The highest BCUT2D eigenvalue weighted by atomic mass is 31.2. The van der Waals surface area contributed by atoms with Crippen molar-refractivity contribution in [2.45, 2.75) is 47.0 Å². The van der Waals surface area contributed by atoms with Crippen LogP contribution in [0.1, 0.15) is 47.0 Å². The Morgan fingerprint density at radius 3 is 1.39 bits per heavy atom. The van der Waals surface area contributed by atoms with Crippen molar-refractivity contribution in [2.24, 2.45) is 0 Å². The molecule has 0 saturated carbocycles. The second-order valence-electron chi connectivity index (χ2n) is 4.12. The molecule has 0 aromatic rings. The van der Waals surface area contributed by atoms with Crippen molar-refractivity contribution in [1.29, 1.82) is 0 Å². The van der Waals surface area contributed by atoms with Gasteiger partial charge in [-0.3, -0.25) is 27.1 Å².